The minimum absolute atomic E-state index is 0.181. The van der Waals surface area contributed by atoms with Crippen LogP contribution in [0.25, 0.3) is 0 Å². The zero-order chi connectivity index (χ0) is 14.3. The molecule has 1 aliphatic heterocycles. The van der Waals surface area contributed by atoms with E-state index in [1.165, 1.54) is 16.7 Å². The number of alkyl halides is 1. The Hall–Kier alpha value is -0.990. The maximum Gasteiger partial charge on any atom is 0.127 e. The molecule has 0 spiro atoms. The molecule has 104 valence electrons. The van der Waals surface area contributed by atoms with E-state index in [1.807, 2.05) is 0 Å². The molecule has 0 bridgehead atoms. The Morgan fingerprint density at radius 1 is 1.15 bits per heavy atom. The summed E-state index contributed by atoms with van der Waals surface area (Å²) in [6.07, 6.45) is 0.957. The fraction of sp³-hybridized carbons (Fsp3) is 0.294. The summed E-state index contributed by atoms with van der Waals surface area (Å²) in [5, 5.41) is -0.181. The third kappa shape index (κ3) is 2.47. The van der Waals surface area contributed by atoms with Crippen molar-refractivity contribution in [3.05, 3.63) is 62.6 Å². The Labute approximate surface area is 133 Å². The van der Waals surface area contributed by atoms with Crippen molar-refractivity contribution in [2.75, 3.05) is 6.61 Å². The fourth-order valence-electron chi connectivity index (χ4n) is 2.69. The van der Waals surface area contributed by atoms with Gasteiger partial charge in [-0.2, -0.15) is 0 Å². The molecule has 20 heavy (non-hydrogen) atoms. The van der Waals surface area contributed by atoms with Crippen molar-refractivity contribution in [1.82, 2.24) is 0 Å². The highest BCUT2D eigenvalue weighted by Gasteiger charge is 2.24. The number of aryl methyl sites for hydroxylation is 2. The summed E-state index contributed by atoms with van der Waals surface area (Å²) in [4.78, 5) is 0. The number of benzene rings is 2. The first-order valence-corrected chi connectivity index (χ1v) is 7.95. The van der Waals surface area contributed by atoms with Gasteiger partial charge in [0, 0.05) is 16.5 Å². The molecule has 3 rings (SSSR count). The van der Waals surface area contributed by atoms with Gasteiger partial charge in [0.05, 0.1) is 12.0 Å². The van der Waals surface area contributed by atoms with Gasteiger partial charge in [-0.3, -0.25) is 0 Å². The zero-order valence-corrected chi connectivity index (χ0v) is 13.9. The van der Waals surface area contributed by atoms with Gasteiger partial charge in [-0.25, -0.2) is 0 Å². The number of ether oxygens (including phenoxy) is 1. The standard InChI is InChI=1S/C17H16BrClO/c1-10-3-4-11(2)14(7-10)16(19)15-9-13(18)8-12-5-6-20-17(12)15/h3-4,7-9,16H,5-6H2,1-2H3. The van der Waals surface area contributed by atoms with E-state index in [0.717, 1.165) is 34.4 Å². The van der Waals surface area contributed by atoms with E-state index in [2.05, 4.69) is 60.1 Å². The van der Waals surface area contributed by atoms with Crippen LogP contribution in [0.15, 0.2) is 34.8 Å². The smallest absolute Gasteiger partial charge is 0.127 e. The number of fused-ring (bicyclic) bond motifs is 1. The lowest BCUT2D eigenvalue weighted by molar-refractivity contribution is 0.353. The van der Waals surface area contributed by atoms with Gasteiger partial charge in [0.15, 0.2) is 0 Å². The van der Waals surface area contributed by atoms with Crippen LogP contribution in [0, 0.1) is 13.8 Å². The Bertz CT molecular complexity index is 666. The number of hydrogen-bond acceptors (Lipinski definition) is 1. The third-order valence-electron chi connectivity index (χ3n) is 3.76. The second-order valence-corrected chi connectivity index (χ2v) is 6.66. The van der Waals surface area contributed by atoms with Crippen LogP contribution in [-0.4, -0.2) is 6.61 Å². The van der Waals surface area contributed by atoms with Gasteiger partial charge in [-0.15, -0.1) is 11.6 Å². The van der Waals surface area contributed by atoms with Crippen LogP contribution in [0.3, 0.4) is 0 Å². The van der Waals surface area contributed by atoms with Crippen molar-refractivity contribution in [2.45, 2.75) is 25.6 Å². The average molecular weight is 352 g/mol. The SMILES string of the molecule is Cc1ccc(C)c(C(Cl)c2cc(Br)cc3c2OCC3)c1. The van der Waals surface area contributed by atoms with E-state index in [1.54, 1.807) is 0 Å². The van der Waals surface area contributed by atoms with Gasteiger partial charge in [0.2, 0.25) is 0 Å². The summed E-state index contributed by atoms with van der Waals surface area (Å²) >= 11 is 10.3. The van der Waals surface area contributed by atoms with Gasteiger partial charge in [-0.1, -0.05) is 39.7 Å². The molecule has 0 fully saturated rings. The molecule has 3 heteroatoms. The summed E-state index contributed by atoms with van der Waals surface area (Å²) in [6.45, 7) is 4.94. The molecule has 0 saturated carbocycles. The van der Waals surface area contributed by atoms with Gasteiger partial charge in [0.1, 0.15) is 5.75 Å². The molecule has 1 atom stereocenters. The maximum absolute atomic E-state index is 6.76. The van der Waals surface area contributed by atoms with Crippen molar-refractivity contribution in [3.63, 3.8) is 0 Å². The van der Waals surface area contributed by atoms with E-state index < -0.39 is 0 Å². The van der Waals surface area contributed by atoms with Crippen LogP contribution in [0.2, 0.25) is 0 Å². The van der Waals surface area contributed by atoms with Crippen LogP contribution in [0.1, 0.15) is 33.2 Å². The molecule has 1 nitrogen and oxygen atoms in total. The molecule has 1 aliphatic rings. The van der Waals surface area contributed by atoms with Gasteiger partial charge >= 0.3 is 0 Å². The molecule has 0 N–H and O–H groups in total. The highest BCUT2D eigenvalue weighted by molar-refractivity contribution is 9.10. The third-order valence-corrected chi connectivity index (χ3v) is 4.69. The first-order valence-electron chi connectivity index (χ1n) is 6.72. The van der Waals surface area contributed by atoms with E-state index in [0.29, 0.717) is 0 Å². The molecule has 0 radical (unpaired) electrons. The quantitative estimate of drug-likeness (QED) is 0.665. The maximum atomic E-state index is 6.76. The molecule has 0 aliphatic carbocycles. The molecule has 1 unspecified atom stereocenters. The van der Waals surface area contributed by atoms with E-state index >= 15 is 0 Å². The topological polar surface area (TPSA) is 9.23 Å². The van der Waals surface area contributed by atoms with Gasteiger partial charge < -0.3 is 4.74 Å². The molecule has 0 aromatic heterocycles. The summed E-state index contributed by atoms with van der Waals surface area (Å²) in [7, 11) is 0. The molecular weight excluding hydrogens is 336 g/mol. The Kier molecular flexibility index (Phi) is 3.78. The van der Waals surface area contributed by atoms with Crippen molar-refractivity contribution in [2.24, 2.45) is 0 Å². The molecule has 2 aromatic rings. The Morgan fingerprint density at radius 2 is 1.95 bits per heavy atom. The first-order chi connectivity index (χ1) is 9.56. The van der Waals surface area contributed by atoms with Crippen LogP contribution in [0.4, 0.5) is 0 Å². The summed E-state index contributed by atoms with van der Waals surface area (Å²) < 4.78 is 6.85. The minimum Gasteiger partial charge on any atom is -0.493 e. The van der Waals surface area contributed by atoms with Crippen LogP contribution in [0.5, 0.6) is 5.75 Å². The number of halogens is 2. The first kappa shape index (κ1) is 14.0. The lowest BCUT2D eigenvalue weighted by Gasteiger charge is -2.17. The molecular formula is C17H16BrClO. The Balaban J connectivity index is 2.11. The fourth-order valence-corrected chi connectivity index (χ4v) is 3.61. The molecule has 0 saturated heterocycles. The summed E-state index contributed by atoms with van der Waals surface area (Å²) in [5.41, 5.74) is 5.89. The second-order valence-electron chi connectivity index (χ2n) is 5.30. The van der Waals surface area contributed by atoms with Crippen LogP contribution < -0.4 is 4.74 Å². The van der Waals surface area contributed by atoms with Crippen LogP contribution >= 0.6 is 27.5 Å². The van der Waals surface area contributed by atoms with Gasteiger partial charge in [0.25, 0.3) is 0 Å². The van der Waals surface area contributed by atoms with Crippen LogP contribution in [-0.2, 0) is 6.42 Å². The van der Waals surface area contributed by atoms with Crippen molar-refractivity contribution < 1.29 is 4.74 Å². The van der Waals surface area contributed by atoms with Gasteiger partial charge in [-0.05, 0) is 42.7 Å². The molecule has 2 aromatic carbocycles. The average Bonchev–Trinajstić information content (AvgIpc) is 2.87. The largest absolute Gasteiger partial charge is 0.493 e. The second kappa shape index (κ2) is 5.42. The normalized spacial score (nSPS) is 14.8. The van der Waals surface area contributed by atoms with Crippen molar-refractivity contribution >= 4 is 27.5 Å². The predicted molar refractivity (Wildman–Crippen MR) is 87.0 cm³/mol. The van der Waals surface area contributed by atoms with E-state index in [-0.39, 0.29) is 5.38 Å². The van der Waals surface area contributed by atoms with E-state index in [9.17, 15) is 0 Å². The lowest BCUT2D eigenvalue weighted by Crippen LogP contribution is -2.00. The highest BCUT2D eigenvalue weighted by atomic mass is 79.9. The summed E-state index contributed by atoms with van der Waals surface area (Å²) in [5.74, 6) is 0.967. The monoisotopic (exact) mass is 350 g/mol. The van der Waals surface area contributed by atoms with E-state index in [4.69, 9.17) is 16.3 Å². The summed E-state index contributed by atoms with van der Waals surface area (Å²) in [6, 6.07) is 10.6. The van der Waals surface area contributed by atoms with Crippen molar-refractivity contribution in [1.29, 1.82) is 0 Å². The number of hydrogen-bond donors (Lipinski definition) is 0. The highest BCUT2D eigenvalue weighted by Crippen LogP contribution is 2.42. The molecule has 0 amide bonds. The predicted octanol–water partition coefficient (Wildman–Crippen LogP) is 5.33. The van der Waals surface area contributed by atoms with Crippen molar-refractivity contribution in [3.8, 4) is 5.75 Å². The number of rotatable bonds is 2. The molecule has 1 heterocycles. The lowest BCUT2D eigenvalue weighted by atomic mass is 9.96. The minimum atomic E-state index is -0.181. The Morgan fingerprint density at radius 3 is 2.75 bits per heavy atom. The zero-order valence-electron chi connectivity index (χ0n) is 11.5.